The van der Waals surface area contributed by atoms with E-state index < -0.39 is 0 Å². The zero-order chi connectivity index (χ0) is 9.68. The highest BCUT2D eigenvalue weighted by molar-refractivity contribution is 8.14. The fraction of sp³-hybridized carbons (Fsp3) is 0.750. The van der Waals surface area contributed by atoms with E-state index in [1.54, 1.807) is 0 Å². The van der Waals surface area contributed by atoms with Gasteiger partial charge in [-0.15, -0.1) is 0 Å². The highest BCUT2D eigenvalue weighted by atomic mass is 32.2. The van der Waals surface area contributed by atoms with Crippen LogP contribution in [0.25, 0.3) is 0 Å². The molecule has 1 unspecified atom stereocenters. The van der Waals surface area contributed by atoms with Crippen molar-refractivity contribution in [1.82, 2.24) is 5.32 Å². The summed E-state index contributed by atoms with van der Waals surface area (Å²) in [7, 11) is 0. The van der Waals surface area contributed by atoms with Gasteiger partial charge in [0.05, 0.1) is 5.92 Å². The van der Waals surface area contributed by atoms with E-state index in [2.05, 4.69) is 5.32 Å². The average molecular weight is 203 g/mol. The third-order valence-electron chi connectivity index (χ3n) is 1.86. The average Bonchev–Trinajstić information content (AvgIpc) is 2.52. The zero-order valence-corrected chi connectivity index (χ0v) is 8.10. The molecule has 1 aliphatic rings. The summed E-state index contributed by atoms with van der Waals surface area (Å²) in [6.45, 7) is 0.573. The van der Waals surface area contributed by atoms with Crippen molar-refractivity contribution in [2.45, 2.75) is 12.8 Å². The molecule has 1 atom stereocenters. The Morgan fingerprint density at radius 2 is 2.46 bits per heavy atom. The molecule has 5 heteroatoms. The highest BCUT2D eigenvalue weighted by Gasteiger charge is 2.28. The Labute approximate surface area is 81.1 Å². The summed E-state index contributed by atoms with van der Waals surface area (Å²) in [4.78, 5) is 22.1. The molecule has 1 rings (SSSR count). The number of rotatable bonds is 4. The maximum Gasteiger partial charge on any atom is 0.224 e. The van der Waals surface area contributed by atoms with Gasteiger partial charge in [-0.25, -0.2) is 0 Å². The molecule has 0 bridgehead atoms. The summed E-state index contributed by atoms with van der Waals surface area (Å²) in [5.74, 6) is 0.382. The first kappa shape index (κ1) is 10.5. The van der Waals surface area contributed by atoms with E-state index in [4.69, 9.17) is 5.11 Å². The van der Waals surface area contributed by atoms with Gasteiger partial charge in [0, 0.05) is 25.3 Å². The van der Waals surface area contributed by atoms with Crippen LogP contribution >= 0.6 is 11.8 Å². The molecule has 2 N–H and O–H groups in total. The Morgan fingerprint density at radius 3 is 3.00 bits per heavy atom. The molecule has 0 saturated carbocycles. The minimum absolute atomic E-state index is 0.0631. The lowest BCUT2D eigenvalue weighted by Gasteiger charge is -2.07. The maximum absolute atomic E-state index is 11.3. The van der Waals surface area contributed by atoms with Gasteiger partial charge in [0.1, 0.15) is 0 Å². The van der Waals surface area contributed by atoms with E-state index in [-0.39, 0.29) is 23.5 Å². The van der Waals surface area contributed by atoms with E-state index in [1.165, 1.54) is 11.8 Å². The summed E-state index contributed by atoms with van der Waals surface area (Å²) >= 11 is 1.22. The second-order valence-corrected chi connectivity index (χ2v) is 4.03. The van der Waals surface area contributed by atoms with Gasteiger partial charge >= 0.3 is 0 Å². The number of aliphatic hydroxyl groups excluding tert-OH is 1. The van der Waals surface area contributed by atoms with Crippen LogP contribution in [0.1, 0.15) is 12.8 Å². The molecule has 0 aromatic heterocycles. The van der Waals surface area contributed by atoms with Crippen LogP contribution in [0.5, 0.6) is 0 Å². The van der Waals surface area contributed by atoms with Crippen LogP contribution in [0.2, 0.25) is 0 Å². The van der Waals surface area contributed by atoms with Crippen LogP contribution in [-0.2, 0) is 9.59 Å². The van der Waals surface area contributed by atoms with Crippen LogP contribution < -0.4 is 5.32 Å². The minimum atomic E-state index is -0.156. The van der Waals surface area contributed by atoms with Crippen molar-refractivity contribution in [2.24, 2.45) is 5.92 Å². The van der Waals surface area contributed by atoms with Gasteiger partial charge in [-0.1, -0.05) is 11.8 Å². The maximum atomic E-state index is 11.3. The fourth-order valence-electron chi connectivity index (χ4n) is 1.12. The molecule has 0 spiro atoms. The van der Waals surface area contributed by atoms with Crippen LogP contribution in [0, 0.1) is 5.92 Å². The molecule has 0 aliphatic carbocycles. The van der Waals surface area contributed by atoms with Crippen molar-refractivity contribution in [3.63, 3.8) is 0 Å². The van der Waals surface area contributed by atoms with Crippen molar-refractivity contribution < 1.29 is 14.7 Å². The van der Waals surface area contributed by atoms with E-state index in [9.17, 15) is 9.59 Å². The molecular formula is C8H13NO3S. The summed E-state index contributed by atoms with van der Waals surface area (Å²) in [5.41, 5.74) is 0. The van der Waals surface area contributed by atoms with E-state index in [0.29, 0.717) is 25.1 Å². The van der Waals surface area contributed by atoms with E-state index >= 15 is 0 Å². The second-order valence-electron chi connectivity index (χ2n) is 2.95. The number of hydrogen-bond acceptors (Lipinski definition) is 4. The van der Waals surface area contributed by atoms with Crippen molar-refractivity contribution in [3.05, 3.63) is 0 Å². The molecule has 4 nitrogen and oxygen atoms in total. The number of thioether (sulfide) groups is 1. The van der Waals surface area contributed by atoms with E-state index in [1.807, 2.05) is 0 Å². The third-order valence-corrected chi connectivity index (χ3v) is 2.92. The van der Waals surface area contributed by atoms with Crippen molar-refractivity contribution in [2.75, 3.05) is 18.9 Å². The Kier molecular flexibility index (Phi) is 4.24. The van der Waals surface area contributed by atoms with Crippen molar-refractivity contribution in [3.8, 4) is 0 Å². The predicted octanol–water partition coefficient (Wildman–Crippen LogP) is -0.235. The molecule has 0 aromatic rings. The second kappa shape index (κ2) is 5.24. The first-order valence-corrected chi connectivity index (χ1v) is 5.27. The lowest BCUT2D eigenvalue weighted by molar-refractivity contribution is -0.126. The minimum Gasteiger partial charge on any atom is -0.396 e. The van der Waals surface area contributed by atoms with Gasteiger partial charge in [0.15, 0.2) is 5.12 Å². The van der Waals surface area contributed by atoms with Crippen LogP contribution in [0.4, 0.5) is 0 Å². The Hall–Kier alpha value is -0.550. The lowest BCUT2D eigenvalue weighted by Crippen LogP contribution is -2.31. The summed E-state index contributed by atoms with van der Waals surface area (Å²) < 4.78 is 0. The van der Waals surface area contributed by atoms with Gasteiger partial charge < -0.3 is 10.4 Å². The zero-order valence-electron chi connectivity index (χ0n) is 7.28. The number of nitrogens with one attached hydrogen (secondary N) is 1. The van der Waals surface area contributed by atoms with Gasteiger partial charge in [-0.05, 0) is 6.42 Å². The molecule has 0 aromatic carbocycles. The summed E-state index contributed by atoms with van der Waals surface area (Å²) in [6.07, 6.45) is 0.926. The molecule has 1 heterocycles. The molecule has 1 aliphatic heterocycles. The number of hydrogen-bond donors (Lipinski definition) is 2. The van der Waals surface area contributed by atoms with Crippen molar-refractivity contribution >= 4 is 22.8 Å². The fourth-order valence-corrected chi connectivity index (χ4v) is 2.09. The van der Waals surface area contributed by atoms with Gasteiger partial charge in [0.2, 0.25) is 5.91 Å². The molecule has 1 amide bonds. The topological polar surface area (TPSA) is 66.4 Å². The molecule has 0 radical (unpaired) electrons. The Bertz CT molecular complexity index is 208. The lowest BCUT2D eigenvalue weighted by atomic mass is 10.1. The normalized spacial score (nSPS) is 21.9. The molecular weight excluding hydrogens is 190 g/mol. The quantitative estimate of drug-likeness (QED) is 0.619. The number of carbonyl (C=O) groups excluding carboxylic acids is 2. The Balaban J connectivity index is 2.20. The SMILES string of the molecule is O=C1CC(C(=O)NCCCO)CS1. The molecule has 74 valence electrons. The number of aliphatic hydroxyl groups is 1. The summed E-state index contributed by atoms with van der Waals surface area (Å²) in [6, 6.07) is 0. The first-order chi connectivity index (χ1) is 6.24. The number of amides is 1. The van der Waals surface area contributed by atoms with Crippen LogP contribution in [0.15, 0.2) is 0 Å². The van der Waals surface area contributed by atoms with Crippen LogP contribution in [-0.4, -0.2) is 35.0 Å². The van der Waals surface area contributed by atoms with Crippen molar-refractivity contribution in [1.29, 1.82) is 0 Å². The standard InChI is InChI=1S/C8H13NO3S/c10-3-1-2-9-8(12)6-4-7(11)13-5-6/h6,10H,1-5H2,(H,9,12). The Morgan fingerprint density at radius 1 is 1.69 bits per heavy atom. The molecule has 1 fully saturated rings. The van der Waals surface area contributed by atoms with Gasteiger partial charge in [0.25, 0.3) is 0 Å². The van der Waals surface area contributed by atoms with Crippen LogP contribution in [0.3, 0.4) is 0 Å². The predicted molar refractivity (Wildman–Crippen MR) is 50.3 cm³/mol. The molecule has 13 heavy (non-hydrogen) atoms. The summed E-state index contributed by atoms with van der Waals surface area (Å²) in [5, 5.41) is 11.3. The number of carbonyl (C=O) groups is 2. The molecule has 1 saturated heterocycles. The smallest absolute Gasteiger partial charge is 0.224 e. The largest absolute Gasteiger partial charge is 0.396 e. The third kappa shape index (κ3) is 3.36. The monoisotopic (exact) mass is 203 g/mol. The first-order valence-electron chi connectivity index (χ1n) is 4.28. The van der Waals surface area contributed by atoms with Gasteiger partial charge in [-0.2, -0.15) is 0 Å². The highest BCUT2D eigenvalue weighted by Crippen LogP contribution is 2.25. The van der Waals surface area contributed by atoms with Gasteiger partial charge in [-0.3, -0.25) is 9.59 Å². The van der Waals surface area contributed by atoms with E-state index in [0.717, 1.165) is 0 Å².